The van der Waals surface area contributed by atoms with Crippen LogP contribution in [0.4, 0.5) is 0 Å². The summed E-state index contributed by atoms with van der Waals surface area (Å²) in [5, 5.41) is 9.23. The minimum absolute atomic E-state index is 0.267. The van der Waals surface area contributed by atoms with E-state index in [-0.39, 0.29) is 5.92 Å². The highest BCUT2D eigenvalue weighted by molar-refractivity contribution is 9.10. The van der Waals surface area contributed by atoms with Crippen LogP contribution >= 0.6 is 15.9 Å². The van der Waals surface area contributed by atoms with E-state index in [1.54, 1.807) is 7.11 Å². The van der Waals surface area contributed by atoms with E-state index in [1.165, 1.54) is 0 Å². The summed E-state index contributed by atoms with van der Waals surface area (Å²) in [6.45, 7) is 4.37. The lowest BCUT2D eigenvalue weighted by molar-refractivity contribution is -0.144. The molecule has 0 radical (unpaired) electrons. The Morgan fingerprint density at radius 2 is 2.25 bits per heavy atom. The third kappa shape index (κ3) is 3.73. The Morgan fingerprint density at radius 3 is 2.90 bits per heavy atom. The highest BCUT2D eigenvalue weighted by atomic mass is 79.9. The predicted octanol–water partition coefficient (Wildman–Crippen LogP) is 3.00. The number of hydrogen-bond donors (Lipinski definition) is 1. The van der Waals surface area contributed by atoms with Gasteiger partial charge in [0, 0.05) is 29.7 Å². The van der Waals surface area contributed by atoms with Crippen LogP contribution in [0.25, 0.3) is 0 Å². The van der Waals surface area contributed by atoms with Crippen molar-refractivity contribution < 1.29 is 14.6 Å². The fraction of sp³-hybridized carbons (Fsp3) is 0.533. The van der Waals surface area contributed by atoms with Gasteiger partial charge in [0.15, 0.2) is 0 Å². The van der Waals surface area contributed by atoms with E-state index in [4.69, 9.17) is 4.74 Å². The molecule has 1 saturated heterocycles. The zero-order chi connectivity index (χ0) is 14.7. The van der Waals surface area contributed by atoms with E-state index in [0.29, 0.717) is 12.5 Å². The largest absolute Gasteiger partial charge is 0.496 e. The molecule has 110 valence electrons. The Balaban J connectivity index is 2.12. The van der Waals surface area contributed by atoms with Crippen molar-refractivity contribution in [3.63, 3.8) is 0 Å². The number of rotatable bonds is 4. The molecule has 0 amide bonds. The van der Waals surface area contributed by atoms with E-state index in [9.17, 15) is 9.90 Å². The lowest BCUT2D eigenvalue weighted by Gasteiger charge is -2.34. The number of nitrogens with zero attached hydrogens (tertiary/aromatic N) is 1. The molecule has 5 heteroatoms. The standard InChI is InChI=1S/C15H20BrNO3/c1-10-5-12(15(18)19)9-17(7-10)8-11-6-13(16)3-4-14(11)20-2/h3-4,6,10,12H,5,7-9H2,1-2H3,(H,18,19). The maximum atomic E-state index is 11.2. The van der Waals surface area contributed by atoms with Gasteiger partial charge in [0.1, 0.15) is 5.75 Å². The topological polar surface area (TPSA) is 49.8 Å². The van der Waals surface area contributed by atoms with Crippen molar-refractivity contribution in [2.45, 2.75) is 19.9 Å². The molecule has 1 N–H and O–H groups in total. The van der Waals surface area contributed by atoms with Crippen LogP contribution in [-0.2, 0) is 11.3 Å². The van der Waals surface area contributed by atoms with E-state index < -0.39 is 5.97 Å². The molecule has 0 saturated carbocycles. The number of aliphatic carboxylic acids is 1. The number of piperidine rings is 1. The van der Waals surface area contributed by atoms with Crippen molar-refractivity contribution in [1.82, 2.24) is 4.90 Å². The molecule has 0 aliphatic carbocycles. The van der Waals surface area contributed by atoms with Crippen molar-refractivity contribution in [3.8, 4) is 5.75 Å². The van der Waals surface area contributed by atoms with Gasteiger partial charge < -0.3 is 9.84 Å². The predicted molar refractivity (Wildman–Crippen MR) is 80.9 cm³/mol. The Morgan fingerprint density at radius 1 is 1.50 bits per heavy atom. The van der Waals surface area contributed by atoms with Crippen molar-refractivity contribution in [2.75, 3.05) is 20.2 Å². The number of carbonyl (C=O) groups is 1. The Hall–Kier alpha value is -1.07. The highest BCUT2D eigenvalue weighted by Crippen LogP contribution is 2.28. The number of halogens is 1. The Kier molecular flexibility index (Phi) is 5.05. The molecule has 4 nitrogen and oxygen atoms in total. The number of carboxylic acid groups (broad SMARTS) is 1. The molecule has 2 rings (SSSR count). The number of methoxy groups -OCH3 is 1. The SMILES string of the molecule is COc1ccc(Br)cc1CN1CC(C)CC(C(=O)O)C1. The summed E-state index contributed by atoms with van der Waals surface area (Å²) in [5.74, 6) is 0.293. The minimum Gasteiger partial charge on any atom is -0.496 e. The fourth-order valence-corrected chi connectivity index (χ4v) is 3.29. The number of ether oxygens (including phenoxy) is 1. The summed E-state index contributed by atoms with van der Waals surface area (Å²) in [4.78, 5) is 13.4. The number of benzene rings is 1. The van der Waals surface area contributed by atoms with Crippen LogP contribution in [0.15, 0.2) is 22.7 Å². The quantitative estimate of drug-likeness (QED) is 0.914. The Labute approximate surface area is 127 Å². The first kappa shape index (κ1) is 15.3. The molecule has 1 fully saturated rings. The monoisotopic (exact) mass is 341 g/mol. The zero-order valence-electron chi connectivity index (χ0n) is 11.8. The minimum atomic E-state index is -0.692. The molecule has 0 aromatic heterocycles. The van der Waals surface area contributed by atoms with Crippen molar-refractivity contribution in [2.24, 2.45) is 11.8 Å². The van der Waals surface area contributed by atoms with E-state index in [2.05, 4.69) is 27.8 Å². The van der Waals surface area contributed by atoms with Gasteiger partial charge in [-0.3, -0.25) is 9.69 Å². The molecule has 2 atom stereocenters. The lowest BCUT2D eigenvalue weighted by atomic mass is 9.90. The van der Waals surface area contributed by atoms with Crippen molar-refractivity contribution >= 4 is 21.9 Å². The molecule has 1 aliphatic rings. The van der Waals surface area contributed by atoms with E-state index in [1.807, 2.05) is 18.2 Å². The fourth-order valence-electron chi connectivity index (χ4n) is 2.88. The van der Waals surface area contributed by atoms with Crippen molar-refractivity contribution in [1.29, 1.82) is 0 Å². The molecule has 0 bridgehead atoms. The molecular formula is C15H20BrNO3. The molecule has 2 unspecified atom stereocenters. The first-order valence-electron chi connectivity index (χ1n) is 6.77. The first-order chi connectivity index (χ1) is 9.49. The summed E-state index contributed by atoms with van der Waals surface area (Å²) in [5.41, 5.74) is 1.08. The second-order valence-electron chi connectivity index (χ2n) is 5.53. The van der Waals surface area contributed by atoms with Crippen molar-refractivity contribution in [3.05, 3.63) is 28.2 Å². The van der Waals surface area contributed by atoms with Crippen LogP contribution in [0.1, 0.15) is 18.9 Å². The van der Waals surface area contributed by atoms with E-state index >= 15 is 0 Å². The summed E-state index contributed by atoms with van der Waals surface area (Å²) in [6, 6.07) is 5.91. The summed E-state index contributed by atoms with van der Waals surface area (Å²) >= 11 is 3.47. The smallest absolute Gasteiger partial charge is 0.307 e. The second kappa shape index (κ2) is 6.59. The average Bonchev–Trinajstić information content (AvgIpc) is 2.38. The van der Waals surface area contributed by atoms with Gasteiger partial charge in [-0.2, -0.15) is 0 Å². The van der Waals surface area contributed by atoms with Crippen LogP contribution in [0.2, 0.25) is 0 Å². The third-order valence-corrected chi connectivity index (χ3v) is 4.21. The Bertz CT molecular complexity index is 492. The molecular weight excluding hydrogens is 322 g/mol. The van der Waals surface area contributed by atoms with Gasteiger partial charge in [0.2, 0.25) is 0 Å². The maximum absolute atomic E-state index is 11.2. The van der Waals surface area contributed by atoms with E-state index in [0.717, 1.165) is 35.3 Å². The molecule has 1 heterocycles. The number of carboxylic acids is 1. The maximum Gasteiger partial charge on any atom is 0.307 e. The lowest BCUT2D eigenvalue weighted by Crippen LogP contribution is -2.42. The van der Waals surface area contributed by atoms with Crippen LogP contribution in [-0.4, -0.2) is 36.2 Å². The zero-order valence-corrected chi connectivity index (χ0v) is 13.4. The number of likely N-dealkylation sites (tertiary alicyclic amines) is 1. The first-order valence-corrected chi connectivity index (χ1v) is 7.56. The third-order valence-electron chi connectivity index (χ3n) is 3.72. The van der Waals surface area contributed by atoms with Crippen LogP contribution in [0.3, 0.4) is 0 Å². The summed E-state index contributed by atoms with van der Waals surface area (Å²) < 4.78 is 6.39. The van der Waals surface area contributed by atoms with Crippen LogP contribution in [0, 0.1) is 11.8 Å². The van der Waals surface area contributed by atoms with Crippen LogP contribution in [0.5, 0.6) is 5.75 Å². The second-order valence-corrected chi connectivity index (χ2v) is 6.44. The van der Waals surface area contributed by atoms with Gasteiger partial charge >= 0.3 is 5.97 Å². The van der Waals surface area contributed by atoms with Gasteiger partial charge in [0.25, 0.3) is 0 Å². The molecule has 1 aromatic rings. The number of hydrogen-bond acceptors (Lipinski definition) is 3. The molecule has 1 aromatic carbocycles. The van der Waals surface area contributed by atoms with Gasteiger partial charge in [0.05, 0.1) is 13.0 Å². The normalized spacial score (nSPS) is 23.6. The molecule has 0 spiro atoms. The highest BCUT2D eigenvalue weighted by Gasteiger charge is 2.29. The van der Waals surface area contributed by atoms with Gasteiger partial charge in [-0.1, -0.05) is 22.9 Å². The average molecular weight is 342 g/mol. The van der Waals surface area contributed by atoms with Gasteiger partial charge in [-0.15, -0.1) is 0 Å². The van der Waals surface area contributed by atoms with Gasteiger partial charge in [-0.25, -0.2) is 0 Å². The summed E-state index contributed by atoms with van der Waals surface area (Å²) in [6.07, 6.45) is 0.765. The van der Waals surface area contributed by atoms with Gasteiger partial charge in [-0.05, 0) is 30.5 Å². The van der Waals surface area contributed by atoms with Crippen LogP contribution < -0.4 is 4.74 Å². The molecule has 20 heavy (non-hydrogen) atoms. The molecule has 1 aliphatic heterocycles. The summed E-state index contributed by atoms with van der Waals surface area (Å²) in [7, 11) is 1.66.